The van der Waals surface area contributed by atoms with E-state index in [-0.39, 0.29) is 0 Å². The molecule has 0 bridgehead atoms. The highest BCUT2D eigenvalue weighted by Gasteiger charge is 2.48. The minimum absolute atomic E-state index is 0.356. The van der Waals surface area contributed by atoms with Gasteiger partial charge in [0.25, 0.3) is 0 Å². The number of fused-ring (bicyclic) bond motifs is 1. The third-order valence-electron chi connectivity index (χ3n) is 2.94. The van der Waals surface area contributed by atoms with Crippen LogP contribution in [0, 0.1) is 0 Å². The average Bonchev–Trinajstić information content (AvgIpc) is 2.79. The highest BCUT2D eigenvalue weighted by Crippen LogP contribution is 2.54. The van der Waals surface area contributed by atoms with E-state index in [0.29, 0.717) is 20.5 Å². The Morgan fingerprint density at radius 1 is 0.789 bits per heavy atom. The number of thiophene rings is 1. The second kappa shape index (κ2) is 4.38. The van der Waals surface area contributed by atoms with Gasteiger partial charge in [-0.3, -0.25) is 0 Å². The maximum atomic E-state index is 13.3. The van der Waals surface area contributed by atoms with Crippen LogP contribution in [0.4, 0.5) is 13.2 Å². The van der Waals surface area contributed by atoms with E-state index in [1.54, 1.807) is 60.7 Å². The van der Waals surface area contributed by atoms with Crippen molar-refractivity contribution in [3.05, 3.63) is 60.7 Å². The molecular weight excluding hydrogens is 269 g/mol. The summed E-state index contributed by atoms with van der Waals surface area (Å²) < 4.78 is 40.4. The summed E-state index contributed by atoms with van der Waals surface area (Å²) in [5, 5.41) is 0.669. The van der Waals surface area contributed by atoms with E-state index in [1.807, 2.05) is 0 Å². The van der Waals surface area contributed by atoms with Crippen molar-refractivity contribution < 1.29 is 13.2 Å². The van der Waals surface area contributed by atoms with E-state index in [4.69, 9.17) is 0 Å². The molecule has 0 N–H and O–H groups in total. The predicted octanol–water partition coefficient (Wildman–Crippen LogP) is 5.73. The number of halogens is 3. The van der Waals surface area contributed by atoms with Gasteiger partial charge < -0.3 is 0 Å². The molecule has 0 nitrogen and oxygen atoms in total. The zero-order chi connectivity index (χ0) is 13.5. The zero-order valence-electron chi connectivity index (χ0n) is 9.82. The number of hydrogen-bond acceptors (Lipinski definition) is 0. The van der Waals surface area contributed by atoms with Gasteiger partial charge in [-0.05, 0) is 24.3 Å². The highest BCUT2D eigenvalue weighted by molar-refractivity contribution is 7.41. The molecule has 1 unspecified atom stereocenters. The molecule has 3 aromatic rings. The second-order valence-corrected chi connectivity index (χ2v) is 6.12. The van der Waals surface area contributed by atoms with Gasteiger partial charge in [-0.25, -0.2) is 0 Å². The van der Waals surface area contributed by atoms with Crippen molar-refractivity contribution in [1.29, 1.82) is 0 Å². The molecule has 4 heteroatoms. The van der Waals surface area contributed by atoms with Crippen molar-refractivity contribution in [1.82, 2.24) is 0 Å². The van der Waals surface area contributed by atoms with Gasteiger partial charge in [0.1, 0.15) is 10.5 Å². The fourth-order valence-electron chi connectivity index (χ4n) is 2.16. The van der Waals surface area contributed by atoms with Gasteiger partial charge in [0.05, 0.1) is 0 Å². The predicted molar refractivity (Wildman–Crippen MR) is 73.2 cm³/mol. The van der Waals surface area contributed by atoms with Gasteiger partial charge in [-0.1, -0.05) is 30.3 Å². The lowest BCUT2D eigenvalue weighted by molar-refractivity contribution is -0.0864. The van der Waals surface area contributed by atoms with Crippen LogP contribution in [0.1, 0.15) is 0 Å². The summed E-state index contributed by atoms with van der Waals surface area (Å²) in [6, 6.07) is 17.2. The summed E-state index contributed by atoms with van der Waals surface area (Å²) in [6.07, 6.45) is 0. The van der Waals surface area contributed by atoms with E-state index in [0.717, 1.165) is 0 Å². The zero-order valence-corrected chi connectivity index (χ0v) is 10.6. The summed E-state index contributed by atoms with van der Waals surface area (Å²) in [4.78, 5) is 0.356. The monoisotopic (exact) mass is 279 g/mol. The fraction of sp³-hybridized carbons (Fsp3) is 0.0667. The summed E-state index contributed by atoms with van der Waals surface area (Å²) in [6.45, 7) is 0. The first-order valence-corrected chi connectivity index (χ1v) is 6.97. The average molecular weight is 279 g/mol. The van der Waals surface area contributed by atoms with Crippen molar-refractivity contribution in [2.75, 3.05) is 0 Å². The van der Waals surface area contributed by atoms with E-state index in [1.165, 1.54) is 0 Å². The number of hydrogen-bond donors (Lipinski definition) is 0. The first-order valence-electron chi connectivity index (χ1n) is 5.74. The standard InChI is InChI=1S/C15H10F3S/c16-15(17,18)19-13-9-5-4-8-12(13)10-14(19)11-6-2-1-3-7-11/h1-10H/q+1. The van der Waals surface area contributed by atoms with Crippen LogP contribution in [0.2, 0.25) is 0 Å². The molecule has 1 heterocycles. The second-order valence-electron chi connectivity index (χ2n) is 4.16. The van der Waals surface area contributed by atoms with Crippen LogP contribution >= 0.6 is 10.5 Å². The molecule has 3 rings (SSSR count). The number of benzene rings is 2. The molecule has 1 atom stereocenters. The van der Waals surface area contributed by atoms with Crippen LogP contribution in [0.15, 0.2) is 60.7 Å². The van der Waals surface area contributed by atoms with Crippen LogP contribution < -0.4 is 0 Å². The lowest BCUT2D eigenvalue weighted by Crippen LogP contribution is -1.96. The molecule has 0 aliphatic carbocycles. The first-order chi connectivity index (χ1) is 9.07. The van der Waals surface area contributed by atoms with Gasteiger partial charge in [0.15, 0.2) is 9.58 Å². The van der Waals surface area contributed by atoms with Crippen molar-refractivity contribution in [2.45, 2.75) is 5.51 Å². The van der Waals surface area contributed by atoms with Gasteiger partial charge >= 0.3 is 5.51 Å². The Kier molecular flexibility index (Phi) is 2.82. The van der Waals surface area contributed by atoms with Gasteiger partial charge in [-0.15, -0.1) is 13.2 Å². The molecule has 0 aliphatic heterocycles. The molecule has 0 saturated heterocycles. The smallest absolute Gasteiger partial charge is 0.118 e. The Labute approximate surface area is 111 Å². The van der Waals surface area contributed by atoms with Crippen molar-refractivity contribution >= 4 is 20.6 Å². The molecule has 96 valence electrons. The van der Waals surface area contributed by atoms with Crippen LogP contribution in [0.5, 0.6) is 0 Å². The normalized spacial score (nSPS) is 12.9. The van der Waals surface area contributed by atoms with E-state index < -0.39 is 16.0 Å². The lowest BCUT2D eigenvalue weighted by Gasteiger charge is -2.00. The van der Waals surface area contributed by atoms with Crippen molar-refractivity contribution in [2.24, 2.45) is 0 Å². The molecule has 1 aromatic heterocycles. The summed E-state index contributed by atoms with van der Waals surface area (Å²) in [7, 11) is -1.85. The third-order valence-corrected chi connectivity index (χ3v) is 5.00. The Morgan fingerprint density at radius 3 is 2.11 bits per heavy atom. The topological polar surface area (TPSA) is 0 Å². The minimum atomic E-state index is -4.24. The summed E-state index contributed by atoms with van der Waals surface area (Å²) in [5.74, 6) is 0. The maximum absolute atomic E-state index is 13.3. The third kappa shape index (κ3) is 2.12. The van der Waals surface area contributed by atoms with Gasteiger partial charge in [0, 0.05) is 17.0 Å². The van der Waals surface area contributed by atoms with Crippen LogP contribution in [-0.2, 0) is 5.51 Å². The van der Waals surface area contributed by atoms with E-state index in [9.17, 15) is 13.2 Å². The quantitative estimate of drug-likeness (QED) is 0.499. The Morgan fingerprint density at radius 2 is 1.42 bits per heavy atom. The largest absolute Gasteiger partial charge is 0.601 e. The lowest BCUT2D eigenvalue weighted by atomic mass is 10.2. The van der Waals surface area contributed by atoms with Crippen LogP contribution in [-0.4, -0.2) is 0 Å². The van der Waals surface area contributed by atoms with E-state index >= 15 is 0 Å². The molecule has 0 fully saturated rings. The summed E-state index contributed by atoms with van der Waals surface area (Å²) >= 11 is 0. The first kappa shape index (κ1) is 12.2. The fourth-order valence-corrected chi connectivity index (χ4v) is 4.09. The maximum Gasteiger partial charge on any atom is 0.601 e. The van der Waals surface area contributed by atoms with Gasteiger partial charge in [0.2, 0.25) is 0 Å². The molecule has 0 radical (unpaired) electrons. The Hall–Kier alpha value is -1.81. The molecule has 0 amide bonds. The Balaban J connectivity index is 2.36. The minimum Gasteiger partial charge on any atom is -0.118 e. The number of alkyl halides is 3. The SMILES string of the molecule is FC(F)(F)[s+]1c(-c2ccccc2)cc2ccccc21. The highest BCUT2D eigenvalue weighted by atomic mass is 32.2. The molecule has 0 aliphatic rings. The molecule has 19 heavy (non-hydrogen) atoms. The molecular formula is C15H10F3S+. The molecule has 0 spiro atoms. The van der Waals surface area contributed by atoms with Crippen molar-refractivity contribution in [3.63, 3.8) is 0 Å². The van der Waals surface area contributed by atoms with Crippen LogP contribution in [0.25, 0.3) is 20.5 Å². The molecule has 2 aromatic carbocycles. The van der Waals surface area contributed by atoms with E-state index in [2.05, 4.69) is 0 Å². The molecule has 0 saturated carbocycles. The number of rotatable bonds is 1. The Bertz CT molecular complexity index is 711. The van der Waals surface area contributed by atoms with Crippen LogP contribution in [0.3, 0.4) is 0 Å². The van der Waals surface area contributed by atoms with Gasteiger partial charge in [-0.2, -0.15) is 0 Å². The summed E-state index contributed by atoms with van der Waals surface area (Å²) in [5.41, 5.74) is -3.60. The van der Waals surface area contributed by atoms with Crippen molar-refractivity contribution in [3.8, 4) is 10.4 Å².